The van der Waals surface area contributed by atoms with Crippen molar-refractivity contribution in [2.75, 3.05) is 13.2 Å². The van der Waals surface area contributed by atoms with Crippen LogP contribution in [0.1, 0.15) is 70.6 Å². The van der Waals surface area contributed by atoms with Gasteiger partial charge in [0.15, 0.2) is 0 Å². The van der Waals surface area contributed by atoms with E-state index in [9.17, 15) is 4.79 Å². The van der Waals surface area contributed by atoms with Crippen molar-refractivity contribution in [2.45, 2.75) is 70.6 Å². The highest BCUT2D eigenvalue weighted by Crippen LogP contribution is 2.20. The summed E-state index contributed by atoms with van der Waals surface area (Å²) < 4.78 is 5.37. The molecule has 1 amide bonds. The normalized spacial score (nSPS) is 19.2. The summed E-state index contributed by atoms with van der Waals surface area (Å²) in [7, 11) is 0. The van der Waals surface area contributed by atoms with Gasteiger partial charge in [0.2, 0.25) is 5.91 Å². The number of carbonyl (C=O) groups excluding carboxylic acids is 1. The van der Waals surface area contributed by atoms with Gasteiger partial charge < -0.3 is 10.5 Å². The van der Waals surface area contributed by atoms with Crippen LogP contribution >= 0.6 is 0 Å². The summed E-state index contributed by atoms with van der Waals surface area (Å²) in [5.74, 6) is 0.685. The lowest BCUT2D eigenvalue weighted by molar-refractivity contribution is -0.118. The third kappa shape index (κ3) is 8.51. The van der Waals surface area contributed by atoms with E-state index < -0.39 is 0 Å². The van der Waals surface area contributed by atoms with E-state index in [-0.39, 0.29) is 5.91 Å². The summed E-state index contributed by atoms with van der Waals surface area (Å²) in [6, 6.07) is 0. The third-order valence-corrected chi connectivity index (χ3v) is 3.81. The van der Waals surface area contributed by atoms with Gasteiger partial charge in [-0.25, -0.2) is 0 Å². The number of carbonyl (C=O) groups is 1. The van der Waals surface area contributed by atoms with Gasteiger partial charge in [-0.2, -0.15) is 0 Å². The van der Waals surface area contributed by atoms with Crippen LogP contribution in [0, 0.1) is 5.92 Å². The molecule has 3 heteroatoms. The molecular weight excluding hydrogens is 226 g/mol. The van der Waals surface area contributed by atoms with Crippen molar-refractivity contribution in [2.24, 2.45) is 11.7 Å². The Morgan fingerprint density at radius 3 is 2.17 bits per heavy atom. The Kier molecular flexibility index (Phi) is 8.92. The molecule has 1 fully saturated rings. The second kappa shape index (κ2) is 10.4. The highest BCUT2D eigenvalue weighted by atomic mass is 16.5. The molecule has 0 aromatic rings. The molecule has 2 N–H and O–H groups in total. The van der Waals surface area contributed by atoms with E-state index in [1.54, 1.807) is 0 Å². The smallest absolute Gasteiger partial charge is 0.217 e. The topological polar surface area (TPSA) is 52.3 Å². The van der Waals surface area contributed by atoms with Gasteiger partial charge in [-0.05, 0) is 25.2 Å². The molecule has 1 aliphatic rings. The van der Waals surface area contributed by atoms with Crippen LogP contribution in [-0.2, 0) is 9.53 Å². The van der Waals surface area contributed by atoms with Gasteiger partial charge in [0.05, 0.1) is 0 Å². The molecule has 1 saturated heterocycles. The Labute approximate surface area is 111 Å². The summed E-state index contributed by atoms with van der Waals surface area (Å²) in [4.78, 5) is 10.5. The van der Waals surface area contributed by atoms with E-state index in [0.29, 0.717) is 6.42 Å². The maximum absolute atomic E-state index is 10.5. The van der Waals surface area contributed by atoms with Gasteiger partial charge in [-0.15, -0.1) is 0 Å². The van der Waals surface area contributed by atoms with Crippen LogP contribution in [0.15, 0.2) is 0 Å². The van der Waals surface area contributed by atoms with Crippen LogP contribution in [0.25, 0.3) is 0 Å². The van der Waals surface area contributed by atoms with Crippen molar-refractivity contribution < 1.29 is 9.53 Å². The molecule has 0 aromatic heterocycles. The van der Waals surface area contributed by atoms with E-state index in [2.05, 4.69) is 0 Å². The van der Waals surface area contributed by atoms with Gasteiger partial charge in [0, 0.05) is 19.6 Å². The van der Waals surface area contributed by atoms with Crippen molar-refractivity contribution >= 4 is 5.91 Å². The monoisotopic (exact) mass is 255 g/mol. The Hall–Kier alpha value is -0.570. The van der Waals surface area contributed by atoms with E-state index >= 15 is 0 Å². The lowest BCUT2D eigenvalue weighted by Gasteiger charge is -2.06. The van der Waals surface area contributed by atoms with Crippen molar-refractivity contribution in [3.8, 4) is 0 Å². The molecule has 0 spiro atoms. The summed E-state index contributed by atoms with van der Waals surface area (Å²) in [6.45, 7) is 1.98. The van der Waals surface area contributed by atoms with Gasteiger partial charge >= 0.3 is 0 Å². The summed E-state index contributed by atoms with van der Waals surface area (Å²) in [5.41, 5.74) is 5.09. The molecule has 1 heterocycles. The van der Waals surface area contributed by atoms with Crippen LogP contribution in [0.5, 0.6) is 0 Å². The maximum Gasteiger partial charge on any atom is 0.217 e. The minimum atomic E-state index is -0.161. The SMILES string of the molecule is NC(=O)CCCCCCCCCCC1CCOC1. The van der Waals surface area contributed by atoms with Crippen molar-refractivity contribution in [1.29, 1.82) is 0 Å². The second-order valence-electron chi connectivity index (χ2n) is 5.56. The fourth-order valence-corrected chi connectivity index (χ4v) is 2.60. The van der Waals surface area contributed by atoms with Crippen molar-refractivity contribution in [3.05, 3.63) is 0 Å². The number of unbranched alkanes of at least 4 members (excludes halogenated alkanes) is 7. The number of hydrogen-bond donors (Lipinski definition) is 1. The number of nitrogens with two attached hydrogens (primary N) is 1. The number of rotatable bonds is 11. The minimum absolute atomic E-state index is 0.161. The standard InChI is InChI=1S/C15H29NO2/c16-15(17)10-8-6-4-2-1-3-5-7-9-14-11-12-18-13-14/h14H,1-13H2,(H2,16,17). The first-order valence-electron chi connectivity index (χ1n) is 7.65. The molecule has 0 saturated carbocycles. The molecule has 106 valence electrons. The highest BCUT2D eigenvalue weighted by Gasteiger charge is 2.14. The number of hydrogen-bond acceptors (Lipinski definition) is 2. The Bertz CT molecular complexity index is 213. The van der Waals surface area contributed by atoms with Crippen LogP contribution in [0.2, 0.25) is 0 Å². The zero-order valence-corrected chi connectivity index (χ0v) is 11.7. The van der Waals surface area contributed by atoms with E-state index in [4.69, 9.17) is 10.5 Å². The predicted octanol–water partition coefficient (Wildman–Crippen LogP) is 3.41. The first kappa shape index (κ1) is 15.5. The molecule has 18 heavy (non-hydrogen) atoms. The molecule has 0 radical (unpaired) electrons. The fraction of sp³-hybridized carbons (Fsp3) is 0.933. The van der Waals surface area contributed by atoms with Crippen LogP contribution in [-0.4, -0.2) is 19.1 Å². The molecule has 1 atom stereocenters. The van der Waals surface area contributed by atoms with Crippen LogP contribution in [0.3, 0.4) is 0 Å². The molecule has 1 unspecified atom stereocenters. The largest absolute Gasteiger partial charge is 0.381 e. The van der Waals surface area contributed by atoms with E-state index in [1.807, 2.05) is 0 Å². The van der Waals surface area contributed by atoms with Crippen LogP contribution in [0.4, 0.5) is 0 Å². The average molecular weight is 255 g/mol. The van der Waals surface area contributed by atoms with Gasteiger partial charge in [0.1, 0.15) is 0 Å². The van der Waals surface area contributed by atoms with Gasteiger partial charge in [0.25, 0.3) is 0 Å². The first-order valence-corrected chi connectivity index (χ1v) is 7.65. The molecular formula is C15H29NO2. The molecule has 0 aliphatic carbocycles. The third-order valence-electron chi connectivity index (χ3n) is 3.81. The Morgan fingerprint density at radius 1 is 1.00 bits per heavy atom. The van der Waals surface area contributed by atoms with E-state index in [0.717, 1.165) is 32.0 Å². The number of ether oxygens (including phenoxy) is 1. The Morgan fingerprint density at radius 2 is 1.61 bits per heavy atom. The van der Waals surface area contributed by atoms with Crippen molar-refractivity contribution in [1.82, 2.24) is 0 Å². The lowest BCUT2D eigenvalue weighted by atomic mass is 9.99. The number of primary amides is 1. The molecule has 0 bridgehead atoms. The van der Waals surface area contributed by atoms with Gasteiger partial charge in [-0.3, -0.25) is 4.79 Å². The summed E-state index contributed by atoms with van der Waals surface area (Å²) in [5, 5.41) is 0. The van der Waals surface area contributed by atoms with Crippen LogP contribution < -0.4 is 5.73 Å². The number of amides is 1. The summed E-state index contributed by atoms with van der Waals surface area (Å²) in [6.07, 6.45) is 13.3. The zero-order valence-electron chi connectivity index (χ0n) is 11.7. The maximum atomic E-state index is 10.5. The van der Waals surface area contributed by atoms with Gasteiger partial charge in [-0.1, -0.05) is 44.9 Å². The molecule has 3 nitrogen and oxygen atoms in total. The molecule has 1 aliphatic heterocycles. The quantitative estimate of drug-likeness (QED) is 0.575. The zero-order chi connectivity index (χ0) is 13.1. The summed E-state index contributed by atoms with van der Waals surface area (Å²) >= 11 is 0. The van der Waals surface area contributed by atoms with Crippen molar-refractivity contribution in [3.63, 3.8) is 0 Å². The highest BCUT2D eigenvalue weighted by molar-refractivity contribution is 5.73. The average Bonchev–Trinajstić information content (AvgIpc) is 2.84. The first-order chi connectivity index (χ1) is 8.79. The molecule has 0 aromatic carbocycles. The minimum Gasteiger partial charge on any atom is -0.381 e. The lowest BCUT2D eigenvalue weighted by Crippen LogP contribution is -2.09. The van der Waals surface area contributed by atoms with E-state index in [1.165, 1.54) is 51.4 Å². The Balaban J connectivity index is 1.72. The second-order valence-corrected chi connectivity index (χ2v) is 5.56. The molecule has 1 rings (SSSR count). The fourth-order valence-electron chi connectivity index (χ4n) is 2.60. The predicted molar refractivity (Wildman–Crippen MR) is 74.3 cm³/mol.